The molecule has 2 unspecified atom stereocenters. The van der Waals surface area contributed by atoms with Gasteiger partial charge >= 0.3 is 5.97 Å². The van der Waals surface area contributed by atoms with E-state index in [9.17, 15) is 9.59 Å². The maximum atomic E-state index is 11.9. The second-order valence-electron chi connectivity index (χ2n) is 4.56. The molecular formula is C14H18BrNO4. The third-order valence-electron chi connectivity index (χ3n) is 2.66. The molecule has 1 rings (SSSR count). The molecule has 0 aromatic heterocycles. The molecule has 20 heavy (non-hydrogen) atoms. The molecule has 0 spiro atoms. The Morgan fingerprint density at radius 1 is 1.40 bits per heavy atom. The predicted octanol–water partition coefficient (Wildman–Crippen LogP) is 2.59. The summed E-state index contributed by atoms with van der Waals surface area (Å²) in [4.78, 5) is 22.3. The first kappa shape index (κ1) is 16.5. The Bertz CT molecular complexity index is 478. The van der Waals surface area contributed by atoms with Crippen molar-refractivity contribution in [3.05, 3.63) is 28.7 Å². The van der Waals surface area contributed by atoms with E-state index in [-0.39, 0.29) is 18.4 Å². The summed E-state index contributed by atoms with van der Waals surface area (Å²) < 4.78 is 6.40. The number of ether oxygens (including phenoxy) is 1. The van der Waals surface area contributed by atoms with Crippen molar-refractivity contribution < 1.29 is 19.4 Å². The van der Waals surface area contributed by atoms with Crippen molar-refractivity contribution in [1.82, 2.24) is 5.32 Å². The monoisotopic (exact) mass is 343 g/mol. The van der Waals surface area contributed by atoms with Crippen LogP contribution >= 0.6 is 15.9 Å². The van der Waals surface area contributed by atoms with E-state index in [4.69, 9.17) is 9.84 Å². The molecule has 0 aliphatic rings. The van der Waals surface area contributed by atoms with E-state index in [1.54, 1.807) is 26.0 Å². The molecule has 1 amide bonds. The molecular weight excluding hydrogens is 326 g/mol. The number of nitrogens with one attached hydrogen (secondary N) is 1. The summed E-state index contributed by atoms with van der Waals surface area (Å²) in [5, 5.41) is 11.3. The van der Waals surface area contributed by atoms with Crippen LogP contribution in [0.4, 0.5) is 0 Å². The highest BCUT2D eigenvalue weighted by molar-refractivity contribution is 9.10. The number of carbonyl (C=O) groups excluding carboxylic acids is 1. The Labute approximate surface area is 126 Å². The number of hydrogen-bond acceptors (Lipinski definition) is 3. The Morgan fingerprint density at radius 2 is 2.10 bits per heavy atom. The fourth-order valence-corrected chi connectivity index (χ4v) is 1.95. The first-order valence-corrected chi connectivity index (χ1v) is 7.12. The quantitative estimate of drug-likeness (QED) is 0.797. The molecule has 2 N–H and O–H groups in total. The highest BCUT2D eigenvalue weighted by Gasteiger charge is 2.17. The molecule has 1 aromatic rings. The SMILES string of the molecule is CC(CCC(=O)O)NC(=O)C(C)Oc1cccc(Br)c1. The number of rotatable bonds is 7. The van der Waals surface area contributed by atoms with Crippen molar-refractivity contribution in [2.45, 2.75) is 38.8 Å². The van der Waals surface area contributed by atoms with Crippen molar-refractivity contribution in [1.29, 1.82) is 0 Å². The zero-order valence-electron chi connectivity index (χ0n) is 11.4. The van der Waals surface area contributed by atoms with E-state index >= 15 is 0 Å². The number of carboxylic acids is 1. The van der Waals surface area contributed by atoms with Crippen LogP contribution in [0.1, 0.15) is 26.7 Å². The summed E-state index contributed by atoms with van der Waals surface area (Å²) >= 11 is 3.33. The van der Waals surface area contributed by atoms with Gasteiger partial charge in [-0.25, -0.2) is 0 Å². The third kappa shape index (κ3) is 6.06. The molecule has 110 valence electrons. The van der Waals surface area contributed by atoms with Crippen LogP contribution < -0.4 is 10.1 Å². The highest BCUT2D eigenvalue weighted by atomic mass is 79.9. The predicted molar refractivity (Wildman–Crippen MR) is 78.7 cm³/mol. The Kier molecular flexibility index (Phi) is 6.51. The van der Waals surface area contributed by atoms with Gasteiger partial charge in [-0.2, -0.15) is 0 Å². The number of amides is 1. The molecule has 1 aromatic carbocycles. The van der Waals surface area contributed by atoms with E-state index in [0.717, 1.165) is 4.47 Å². The number of hydrogen-bond donors (Lipinski definition) is 2. The number of carbonyl (C=O) groups is 2. The summed E-state index contributed by atoms with van der Waals surface area (Å²) in [7, 11) is 0. The molecule has 0 bridgehead atoms. The Morgan fingerprint density at radius 3 is 2.70 bits per heavy atom. The van der Waals surface area contributed by atoms with Gasteiger partial charge in [-0.1, -0.05) is 22.0 Å². The minimum Gasteiger partial charge on any atom is -0.481 e. The van der Waals surface area contributed by atoms with Crippen LogP contribution in [0.2, 0.25) is 0 Å². The van der Waals surface area contributed by atoms with Crippen LogP contribution in [0.3, 0.4) is 0 Å². The molecule has 5 nitrogen and oxygen atoms in total. The van der Waals surface area contributed by atoms with Crippen LogP contribution in [0.5, 0.6) is 5.75 Å². The van der Waals surface area contributed by atoms with E-state index in [0.29, 0.717) is 12.2 Å². The molecule has 2 atom stereocenters. The van der Waals surface area contributed by atoms with Crippen LogP contribution in [-0.2, 0) is 9.59 Å². The lowest BCUT2D eigenvalue weighted by molar-refractivity contribution is -0.137. The smallest absolute Gasteiger partial charge is 0.303 e. The van der Waals surface area contributed by atoms with Gasteiger partial charge in [-0.05, 0) is 38.5 Å². The van der Waals surface area contributed by atoms with Crippen LogP contribution in [-0.4, -0.2) is 29.1 Å². The van der Waals surface area contributed by atoms with Crippen molar-refractivity contribution in [2.24, 2.45) is 0 Å². The van der Waals surface area contributed by atoms with Crippen molar-refractivity contribution >= 4 is 27.8 Å². The van der Waals surface area contributed by atoms with Gasteiger partial charge in [-0.15, -0.1) is 0 Å². The van der Waals surface area contributed by atoms with E-state index in [1.165, 1.54) is 0 Å². The standard InChI is InChI=1S/C14H18BrNO4/c1-9(6-7-13(17)18)16-14(19)10(2)20-12-5-3-4-11(15)8-12/h3-5,8-10H,6-7H2,1-2H3,(H,16,19)(H,17,18). The molecule has 0 saturated carbocycles. The van der Waals surface area contributed by atoms with Gasteiger partial charge < -0.3 is 15.2 Å². The molecule has 0 aliphatic heterocycles. The molecule has 6 heteroatoms. The first-order chi connectivity index (χ1) is 9.38. The van der Waals surface area contributed by atoms with Crippen molar-refractivity contribution in [3.8, 4) is 5.75 Å². The zero-order chi connectivity index (χ0) is 15.1. The van der Waals surface area contributed by atoms with E-state index < -0.39 is 12.1 Å². The summed E-state index contributed by atoms with van der Waals surface area (Å²) in [6.07, 6.45) is -0.218. The average molecular weight is 344 g/mol. The normalized spacial score (nSPS) is 13.3. The summed E-state index contributed by atoms with van der Waals surface area (Å²) in [6.45, 7) is 3.42. The van der Waals surface area contributed by atoms with Gasteiger partial charge in [0.25, 0.3) is 5.91 Å². The maximum absolute atomic E-state index is 11.9. The second-order valence-corrected chi connectivity index (χ2v) is 5.48. The molecule has 0 fully saturated rings. The zero-order valence-corrected chi connectivity index (χ0v) is 13.0. The molecule has 0 radical (unpaired) electrons. The second kappa shape index (κ2) is 7.89. The third-order valence-corrected chi connectivity index (χ3v) is 3.15. The minimum atomic E-state index is -0.871. The lowest BCUT2D eigenvalue weighted by Crippen LogP contribution is -2.41. The number of aliphatic carboxylic acids is 1. The lowest BCUT2D eigenvalue weighted by atomic mass is 10.2. The summed E-state index contributed by atoms with van der Waals surface area (Å²) in [5.41, 5.74) is 0. The average Bonchev–Trinajstić information content (AvgIpc) is 2.36. The van der Waals surface area contributed by atoms with E-state index in [2.05, 4.69) is 21.2 Å². The fraction of sp³-hybridized carbons (Fsp3) is 0.429. The van der Waals surface area contributed by atoms with Gasteiger partial charge in [0.15, 0.2) is 6.10 Å². The van der Waals surface area contributed by atoms with E-state index in [1.807, 2.05) is 12.1 Å². The highest BCUT2D eigenvalue weighted by Crippen LogP contribution is 2.18. The van der Waals surface area contributed by atoms with Crippen LogP contribution in [0.15, 0.2) is 28.7 Å². The fourth-order valence-electron chi connectivity index (χ4n) is 1.57. The van der Waals surface area contributed by atoms with Gasteiger partial charge in [0.05, 0.1) is 0 Å². The minimum absolute atomic E-state index is 0.0301. The Balaban J connectivity index is 2.44. The topological polar surface area (TPSA) is 75.6 Å². The Hall–Kier alpha value is -1.56. The number of benzene rings is 1. The molecule has 0 heterocycles. The van der Waals surface area contributed by atoms with Crippen LogP contribution in [0.25, 0.3) is 0 Å². The maximum Gasteiger partial charge on any atom is 0.303 e. The summed E-state index contributed by atoms with van der Waals surface area (Å²) in [6, 6.07) is 7.03. The van der Waals surface area contributed by atoms with Gasteiger partial charge in [0.1, 0.15) is 5.75 Å². The number of halogens is 1. The van der Waals surface area contributed by atoms with Gasteiger partial charge in [-0.3, -0.25) is 9.59 Å². The first-order valence-electron chi connectivity index (χ1n) is 6.33. The van der Waals surface area contributed by atoms with Gasteiger partial charge in [0, 0.05) is 16.9 Å². The molecule has 0 saturated heterocycles. The summed E-state index contributed by atoms with van der Waals surface area (Å²) in [5.74, 6) is -0.535. The molecule has 0 aliphatic carbocycles. The largest absolute Gasteiger partial charge is 0.481 e. The van der Waals surface area contributed by atoms with Gasteiger partial charge in [0.2, 0.25) is 0 Å². The lowest BCUT2D eigenvalue weighted by Gasteiger charge is -2.18. The van der Waals surface area contributed by atoms with Crippen molar-refractivity contribution in [3.63, 3.8) is 0 Å². The van der Waals surface area contributed by atoms with Crippen LogP contribution in [0, 0.1) is 0 Å². The van der Waals surface area contributed by atoms with Crippen molar-refractivity contribution in [2.75, 3.05) is 0 Å². The number of carboxylic acid groups (broad SMARTS) is 1.